The van der Waals surface area contributed by atoms with Gasteiger partial charge in [-0.15, -0.1) is 0 Å². The van der Waals surface area contributed by atoms with Gasteiger partial charge in [-0.2, -0.15) is 0 Å². The summed E-state index contributed by atoms with van der Waals surface area (Å²) in [5, 5.41) is 3.20. The number of hydrogen-bond donors (Lipinski definition) is 2. The van der Waals surface area contributed by atoms with Crippen LogP contribution >= 0.6 is 0 Å². The third-order valence-electron chi connectivity index (χ3n) is 5.42. The van der Waals surface area contributed by atoms with Crippen LogP contribution in [0.5, 0.6) is 0 Å². The molecule has 6 heteroatoms. The van der Waals surface area contributed by atoms with Gasteiger partial charge in [0.25, 0.3) is 5.91 Å². The van der Waals surface area contributed by atoms with Crippen LogP contribution in [0.25, 0.3) is 0 Å². The van der Waals surface area contributed by atoms with Crippen molar-refractivity contribution in [2.24, 2.45) is 0 Å². The van der Waals surface area contributed by atoms with E-state index in [0.29, 0.717) is 5.92 Å². The number of anilines is 2. The van der Waals surface area contributed by atoms with Gasteiger partial charge in [0, 0.05) is 18.1 Å². The van der Waals surface area contributed by atoms with E-state index >= 15 is 0 Å². The number of amides is 1. The molecule has 1 aromatic carbocycles. The maximum absolute atomic E-state index is 12.9. The van der Waals surface area contributed by atoms with Gasteiger partial charge < -0.3 is 15.1 Å². The topological polar surface area (TPSA) is 62.6 Å². The number of nitrogens with one attached hydrogen (secondary N) is 2. The van der Waals surface area contributed by atoms with E-state index in [0.717, 1.165) is 43.4 Å². The molecule has 1 aromatic heterocycles. The fourth-order valence-corrected chi connectivity index (χ4v) is 3.64. The second-order valence-electron chi connectivity index (χ2n) is 7.60. The molecule has 2 heterocycles. The van der Waals surface area contributed by atoms with Gasteiger partial charge in [0.15, 0.2) is 6.04 Å². The molecule has 27 heavy (non-hydrogen) atoms. The Morgan fingerprint density at radius 2 is 1.78 bits per heavy atom. The fraction of sp³-hybridized carbons (Fsp3) is 0.476. The zero-order chi connectivity index (χ0) is 19.4. The van der Waals surface area contributed by atoms with E-state index in [1.54, 1.807) is 12.4 Å². The maximum atomic E-state index is 12.9. The predicted molar refractivity (Wildman–Crippen MR) is 108 cm³/mol. The Morgan fingerprint density at radius 3 is 2.41 bits per heavy atom. The first-order valence-electron chi connectivity index (χ1n) is 9.74. The van der Waals surface area contributed by atoms with Crippen LogP contribution in [-0.4, -0.2) is 48.1 Å². The summed E-state index contributed by atoms with van der Waals surface area (Å²) in [7, 11) is 0. The Bertz CT molecular complexity index is 769. The third kappa shape index (κ3) is 4.45. The van der Waals surface area contributed by atoms with Crippen molar-refractivity contribution in [3.63, 3.8) is 0 Å². The zero-order valence-corrected chi connectivity index (χ0v) is 16.7. The van der Waals surface area contributed by atoms with E-state index < -0.39 is 0 Å². The number of rotatable bonds is 5. The number of benzene rings is 1. The van der Waals surface area contributed by atoms with Crippen molar-refractivity contribution in [3.8, 4) is 0 Å². The van der Waals surface area contributed by atoms with E-state index in [2.05, 4.69) is 59.2 Å². The highest BCUT2D eigenvalue weighted by atomic mass is 16.2. The highest BCUT2D eigenvalue weighted by Gasteiger charge is 2.30. The van der Waals surface area contributed by atoms with Crippen LogP contribution in [0.3, 0.4) is 0 Å². The molecular weight excluding hydrogens is 338 g/mol. The minimum atomic E-state index is -0.0940. The zero-order valence-electron chi connectivity index (χ0n) is 16.7. The summed E-state index contributed by atoms with van der Waals surface area (Å²) in [5.74, 6) is 1.23. The molecule has 0 saturated carbocycles. The smallest absolute Gasteiger partial charge is 0.282 e. The lowest BCUT2D eigenvalue weighted by Crippen LogP contribution is -3.19. The standard InChI is InChI=1S/C21H29N5O/c1-15(2)18-8-5-7-16(3)19(18)24-20(27)17(4)25-11-13-26(14-12-25)21-22-9-6-10-23-21/h5-10,15,17H,11-14H2,1-4H3,(H,24,27)/p+1/t17-/m1/s1. The SMILES string of the molecule is Cc1cccc(C(C)C)c1NC(=O)[C@@H](C)[NH+]1CCN(c2ncccn2)CC1. The van der Waals surface area contributed by atoms with E-state index in [4.69, 9.17) is 0 Å². The van der Waals surface area contributed by atoms with Gasteiger partial charge in [0.05, 0.1) is 26.2 Å². The summed E-state index contributed by atoms with van der Waals surface area (Å²) in [4.78, 5) is 25.1. The average Bonchev–Trinajstić information content (AvgIpc) is 2.69. The summed E-state index contributed by atoms with van der Waals surface area (Å²) < 4.78 is 0. The minimum Gasteiger partial charge on any atom is -0.330 e. The van der Waals surface area contributed by atoms with Crippen LogP contribution in [0, 0.1) is 6.92 Å². The summed E-state index contributed by atoms with van der Waals surface area (Å²) in [5.41, 5.74) is 3.28. The first kappa shape index (κ1) is 19.3. The molecular formula is C21H30N5O+. The predicted octanol–water partition coefficient (Wildman–Crippen LogP) is 1.64. The van der Waals surface area contributed by atoms with E-state index in [-0.39, 0.29) is 11.9 Å². The monoisotopic (exact) mass is 368 g/mol. The number of aromatic nitrogens is 2. The quantitative estimate of drug-likeness (QED) is 0.842. The Balaban J connectivity index is 1.62. The number of quaternary nitrogens is 1. The lowest BCUT2D eigenvalue weighted by atomic mass is 9.98. The second kappa shape index (κ2) is 8.48. The van der Waals surface area contributed by atoms with E-state index in [9.17, 15) is 4.79 Å². The molecule has 2 aromatic rings. The number of nitrogens with zero attached hydrogens (tertiary/aromatic N) is 3. The number of aryl methyl sites for hydroxylation is 1. The summed E-state index contributed by atoms with van der Waals surface area (Å²) in [6, 6.07) is 7.94. The molecule has 0 aliphatic carbocycles. The molecule has 1 saturated heterocycles. The first-order valence-corrected chi connectivity index (χ1v) is 9.74. The Kier molecular flexibility index (Phi) is 6.06. The van der Waals surface area contributed by atoms with Crippen LogP contribution in [0.1, 0.15) is 37.8 Å². The molecule has 3 rings (SSSR count). The second-order valence-corrected chi connectivity index (χ2v) is 7.60. The number of para-hydroxylation sites is 1. The molecule has 1 atom stereocenters. The van der Waals surface area contributed by atoms with Crippen molar-refractivity contribution in [2.45, 2.75) is 39.7 Å². The van der Waals surface area contributed by atoms with Crippen molar-refractivity contribution in [1.29, 1.82) is 0 Å². The molecule has 0 unspecified atom stereocenters. The lowest BCUT2D eigenvalue weighted by Gasteiger charge is -2.34. The van der Waals surface area contributed by atoms with Gasteiger partial charge in [-0.25, -0.2) is 9.97 Å². The minimum absolute atomic E-state index is 0.0885. The van der Waals surface area contributed by atoms with Crippen molar-refractivity contribution in [1.82, 2.24) is 9.97 Å². The van der Waals surface area contributed by atoms with Crippen molar-refractivity contribution >= 4 is 17.5 Å². The molecule has 1 fully saturated rings. The fourth-order valence-electron chi connectivity index (χ4n) is 3.64. The van der Waals surface area contributed by atoms with Crippen molar-refractivity contribution in [3.05, 3.63) is 47.8 Å². The van der Waals surface area contributed by atoms with Crippen molar-refractivity contribution < 1.29 is 9.69 Å². The number of carbonyl (C=O) groups excluding carboxylic acids is 1. The van der Waals surface area contributed by atoms with Gasteiger partial charge >= 0.3 is 0 Å². The highest BCUT2D eigenvalue weighted by molar-refractivity contribution is 5.95. The Hall–Kier alpha value is -2.47. The summed E-state index contributed by atoms with van der Waals surface area (Å²) >= 11 is 0. The third-order valence-corrected chi connectivity index (χ3v) is 5.42. The molecule has 1 aliphatic rings. The van der Waals surface area contributed by atoms with Crippen molar-refractivity contribution in [2.75, 3.05) is 36.4 Å². The molecule has 2 N–H and O–H groups in total. The number of piperazine rings is 1. The normalized spacial score (nSPS) is 16.4. The molecule has 6 nitrogen and oxygen atoms in total. The van der Waals surface area contributed by atoms with Gasteiger partial charge in [-0.3, -0.25) is 4.79 Å². The van der Waals surface area contributed by atoms with Crippen LogP contribution in [0.15, 0.2) is 36.7 Å². The first-order chi connectivity index (χ1) is 13.0. The average molecular weight is 369 g/mol. The molecule has 1 amide bonds. The molecule has 1 aliphatic heterocycles. The number of carbonyl (C=O) groups is 1. The lowest BCUT2D eigenvalue weighted by molar-refractivity contribution is -0.914. The van der Waals surface area contributed by atoms with Gasteiger partial charge in [-0.05, 0) is 37.0 Å². The summed E-state index contributed by atoms with van der Waals surface area (Å²) in [6.45, 7) is 11.9. The molecule has 0 bridgehead atoms. The molecule has 0 spiro atoms. The van der Waals surface area contributed by atoms with Crippen LogP contribution in [-0.2, 0) is 4.79 Å². The van der Waals surface area contributed by atoms with Gasteiger partial charge in [-0.1, -0.05) is 32.0 Å². The van der Waals surface area contributed by atoms with E-state index in [1.165, 1.54) is 10.5 Å². The molecule has 0 radical (unpaired) electrons. The molecule has 144 valence electrons. The van der Waals surface area contributed by atoms with Crippen LogP contribution in [0.2, 0.25) is 0 Å². The van der Waals surface area contributed by atoms with E-state index in [1.807, 2.05) is 13.0 Å². The Labute approximate surface area is 161 Å². The largest absolute Gasteiger partial charge is 0.330 e. The van der Waals surface area contributed by atoms with Crippen LogP contribution < -0.4 is 15.1 Å². The maximum Gasteiger partial charge on any atom is 0.282 e. The van der Waals surface area contributed by atoms with Gasteiger partial charge in [0.2, 0.25) is 5.95 Å². The number of hydrogen-bond acceptors (Lipinski definition) is 4. The van der Waals surface area contributed by atoms with Crippen LogP contribution in [0.4, 0.5) is 11.6 Å². The van der Waals surface area contributed by atoms with Gasteiger partial charge in [0.1, 0.15) is 0 Å². The Morgan fingerprint density at radius 1 is 1.11 bits per heavy atom. The summed E-state index contributed by atoms with van der Waals surface area (Å²) in [6.07, 6.45) is 3.54. The highest BCUT2D eigenvalue weighted by Crippen LogP contribution is 2.27.